The predicted octanol–water partition coefficient (Wildman–Crippen LogP) is -1.83. The number of hydrogen-bond donors (Lipinski definition) is 3. The molecule has 10 nitrogen and oxygen atoms in total. The van der Waals surface area contributed by atoms with Crippen LogP contribution in [0.15, 0.2) is 11.8 Å². The molecule has 2 rings (SSSR count). The lowest BCUT2D eigenvalue weighted by molar-refractivity contribution is -0.414. The SMILES string of the molecule is CC(=O)N[C@@H]1[C@@H]([NH3+])C=C(C(=O)O)O[C@H]1C(=O)N1[C@@H](C)CC[C@@H]1C.O=C([O-])C(F)(F)F. The Balaban J connectivity index is 0.000000553. The number of quaternary nitrogens is 1. The monoisotopic (exact) mass is 439 g/mol. The number of aliphatic carboxylic acids is 2. The number of nitrogens with one attached hydrogen (secondary N) is 1. The van der Waals surface area contributed by atoms with E-state index in [4.69, 9.17) is 19.7 Å². The fraction of sp³-hybridized carbons (Fsp3) is 0.647. The van der Waals surface area contributed by atoms with E-state index in [1.165, 1.54) is 13.0 Å². The molecule has 2 aliphatic heterocycles. The van der Waals surface area contributed by atoms with Crippen LogP contribution in [0.25, 0.3) is 0 Å². The van der Waals surface area contributed by atoms with Crippen molar-refractivity contribution in [2.75, 3.05) is 0 Å². The number of hydrogen-bond acceptors (Lipinski definition) is 6. The minimum Gasteiger partial charge on any atom is -0.542 e. The number of halogens is 3. The van der Waals surface area contributed by atoms with E-state index >= 15 is 0 Å². The van der Waals surface area contributed by atoms with Gasteiger partial charge in [-0.15, -0.1) is 0 Å². The Labute approximate surface area is 169 Å². The molecule has 0 radical (unpaired) electrons. The van der Waals surface area contributed by atoms with Crippen molar-refractivity contribution in [3.63, 3.8) is 0 Å². The summed E-state index contributed by atoms with van der Waals surface area (Å²) in [4.78, 5) is 46.1. The number of ether oxygens (including phenoxy) is 1. The van der Waals surface area contributed by atoms with E-state index in [1.54, 1.807) is 4.90 Å². The first kappa shape index (κ1) is 25.2. The quantitative estimate of drug-likeness (QED) is 0.465. The van der Waals surface area contributed by atoms with E-state index in [1.807, 2.05) is 13.8 Å². The summed E-state index contributed by atoms with van der Waals surface area (Å²) in [6, 6.07) is -1.15. The first-order valence-electron chi connectivity index (χ1n) is 8.99. The summed E-state index contributed by atoms with van der Waals surface area (Å²) in [6.45, 7) is 5.24. The fourth-order valence-electron chi connectivity index (χ4n) is 3.29. The second kappa shape index (κ2) is 9.78. The number of carboxylic acid groups (broad SMARTS) is 2. The largest absolute Gasteiger partial charge is 0.542 e. The first-order chi connectivity index (χ1) is 13.7. The van der Waals surface area contributed by atoms with Gasteiger partial charge in [-0.1, -0.05) is 0 Å². The third kappa shape index (κ3) is 6.34. The van der Waals surface area contributed by atoms with E-state index < -0.39 is 36.3 Å². The van der Waals surface area contributed by atoms with Gasteiger partial charge in [0.25, 0.3) is 5.91 Å². The summed E-state index contributed by atoms with van der Waals surface area (Å²) >= 11 is 0. The van der Waals surface area contributed by atoms with Crippen LogP contribution in [0.1, 0.15) is 33.6 Å². The summed E-state index contributed by atoms with van der Waals surface area (Å²) in [6.07, 6.45) is -3.18. The van der Waals surface area contributed by atoms with Crippen molar-refractivity contribution in [3.05, 3.63) is 11.8 Å². The second-order valence-electron chi connectivity index (χ2n) is 7.07. The second-order valence-corrected chi connectivity index (χ2v) is 7.07. The van der Waals surface area contributed by atoms with Crippen molar-refractivity contribution in [1.82, 2.24) is 10.2 Å². The molecular formula is C17H24F3N3O7. The van der Waals surface area contributed by atoms with Gasteiger partial charge in [-0.2, -0.15) is 13.2 Å². The van der Waals surface area contributed by atoms with Gasteiger partial charge in [0, 0.05) is 25.1 Å². The van der Waals surface area contributed by atoms with Crippen LogP contribution in [0.5, 0.6) is 0 Å². The molecule has 0 aromatic rings. The third-order valence-corrected chi connectivity index (χ3v) is 4.67. The van der Waals surface area contributed by atoms with Crippen LogP contribution < -0.4 is 16.2 Å². The van der Waals surface area contributed by atoms with Gasteiger partial charge in [-0.05, 0) is 26.7 Å². The highest BCUT2D eigenvalue weighted by Gasteiger charge is 2.46. The van der Waals surface area contributed by atoms with Crippen molar-refractivity contribution in [2.24, 2.45) is 0 Å². The van der Waals surface area contributed by atoms with Crippen LogP contribution >= 0.6 is 0 Å². The molecule has 5 atom stereocenters. The number of alkyl halides is 3. The normalized spacial score (nSPS) is 28.4. The molecule has 0 aromatic carbocycles. The molecule has 0 bridgehead atoms. The van der Waals surface area contributed by atoms with E-state index in [2.05, 4.69) is 11.1 Å². The van der Waals surface area contributed by atoms with Gasteiger partial charge >= 0.3 is 12.1 Å². The maximum absolute atomic E-state index is 12.9. The number of carbonyl (C=O) groups excluding carboxylic acids is 3. The highest BCUT2D eigenvalue weighted by Crippen LogP contribution is 2.27. The van der Waals surface area contributed by atoms with Crippen LogP contribution in [0.4, 0.5) is 13.2 Å². The molecule has 0 unspecified atom stereocenters. The lowest BCUT2D eigenvalue weighted by Gasteiger charge is -2.37. The Hall–Kier alpha value is -2.83. The number of carbonyl (C=O) groups is 4. The Bertz CT molecular complexity index is 716. The van der Waals surface area contributed by atoms with Crippen molar-refractivity contribution in [2.45, 2.75) is 70.1 Å². The lowest BCUT2D eigenvalue weighted by atomic mass is 9.97. The molecule has 5 N–H and O–H groups in total. The Morgan fingerprint density at radius 3 is 2.07 bits per heavy atom. The topological polar surface area (TPSA) is 164 Å². The van der Waals surface area contributed by atoms with Crippen molar-refractivity contribution in [3.8, 4) is 0 Å². The summed E-state index contributed by atoms with van der Waals surface area (Å²) in [5, 5.41) is 20.6. The first-order valence-corrected chi connectivity index (χ1v) is 8.99. The zero-order valence-corrected chi connectivity index (χ0v) is 16.6. The van der Waals surface area contributed by atoms with Gasteiger partial charge in [0.1, 0.15) is 18.1 Å². The van der Waals surface area contributed by atoms with Crippen LogP contribution in [0.3, 0.4) is 0 Å². The standard InChI is InChI=1S/C15H23N3O5.C2HF3O2/c1-7-4-5-8(2)18(7)14(20)13-12(17-9(3)19)10(16)6-11(23-13)15(21)22;3-2(4,5)1(6)7/h6-8,10,12-13H,4-5,16H2,1-3H3,(H,17,19)(H,21,22);(H,6,7)/t7-,8-,10-,12+,13+;/m0./s1. The highest BCUT2D eigenvalue weighted by atomic mass is 19.4. The molecule has 30 heavy (non-hydrogen) atoms. The van der Waals surface area contributed by atoms with E-state index in [-0.39, 0.29) is 29.7 Å². The van der Waals surface area contributed by atoms with Gasteiger partial charge < -0.3 is 35.7 Å². The molecule has 0 saturated carbocycles. The number of amides is 2. The van der Waals surface area contributed by atoms with Gasteiger partial charge in [0.2, 0.25) is 17.8 Å². The Morgan fingerprint density at radius 2 is 1.70 bits per heavy atom. The van der Waals surface area contributed by atoms with Gasteiger partial charge in [-0.25, -0.2) is 4.79 Å². The molecular weight excluding hydrogens is 415 g/mol. The fourth-order valence-corrected chi connectivity index (χ4v) is 3.29. The average molecular weight is 439 g/mol. The number of nitrogens with zero attached hydrogens (tertiary/aromatic N) is 1. The molecule has 1 fully saturated rings. The minimum absolute atomic E-state index is 0.0570. The maximum atomic E-state index is 12.9. The van der Waals surface area contributed by atoms with Gasteiger partial charge in [-0.3, -0.25) is 9.59 Å². The summed E-state index contributed by atoms with van der Waals surface area (Å²) in [5.74, 6) is -5.18. The minimum atomic E-state index is -5.19. The van der Waals surface area contributed by atoms with Gasteiger partial charge in [0.05, 0.1) is 0 Å². The molecule has 2 heterocycles. The van der Waals surface area contributed by atoms with Crippen molar-refractivity contribution >= 4 is 23.8 Å². The van der Waals surface area contributed by atoms with Crippen molar-refractivity contribution < 1.29 is 53.0 Å². The van der Waals surface area contributed by atoms with Crippen LogP contribution in [-0.4, -0.2) is 70.2 Å². The number of carboxylic acids is 2. The van der Waals surface area contributed by atoms with Crippen molar-refractivity contribution in [1.29, 1.82) is 0 Å². The average Bonchev–Trinajstić information content (AvgIpc) is 2.93. The van der Waals surface area contributed by atoms with Crippen LogP contribution in [0.2, 0.25) is 0 Å². The molecule has 0 aromatic heterocycles. The van der Waals surface area contributed by atoms with Gasteiger partial charge in [0.15, 0.2) is 0 Å². The summed E-state index contributed by atoms with van der Waals surface area (Å²) in [7, 11) is 0. The van der Waals surface area contributed by atoms with Crippen LogP contribution in [0, 0.1) is 0 Å². The van der Waals surface area contributed by atoms with E-state index in [0.29, 0.717) is 0 Å². The smallest absolute Gasteiger partial charge is 0.430 e. The summed E-state index contributed by atoms with van der Waals surface area (Å²) in [5.41, 5.74) is 3.86. The molecule has 0 spiro atoms. The lowest BCUT2D eigenvalue weighted by Crippen LogP contribution is -2.74. The zero-order chi connectivity index (χ0) is 23.4. The molecule has 2 aliphatic rings. The molecule has 0 aliphatic carbocycles. The molecule has 1 saturated heterocycles. The zero-order valence-electron chi connectivity index (χ0n) is 16.6. The Kier molecular flexibility index (Phi) is 8.22. The molecule has 170 valence electrons. The predicted molar refractivity (Wildman–Crippen MR) is 90.9 cm³/mol. The van der Waals surface area contributed by atoms with E-state index in [0.717, 1.165) is 12.8 Å². The number of rotatable bonds is 3. The molecule has 2 amide bonds. The maximum Gasteiger partial charge on any atom is 0.430 e. The number of likely N-dealkylation sites (tertiary alicyclic amines) is 1. The third-order valence-electron chi connectivity index (χ3n) is 4.67. The molecule has 13 heteroatoms. The van der Waals surface area contributed by atoms with E-state index in [9.17, 15) is 27.6 Å². The highest BCUT2D eigenvalue weighted by molar-refractivity contribution is 5.88. The summed E-state index contributed by atoms with van der Waals surface area (Å²) < 4.78 is 37.0. The Morgan fingerprint density at radius 1 is 1.23 bits per heavy atom. The van der Waals surface area contributed by atoms with Crippen LogP contribution in [-0.2, 0) is 23.9 Å².